The molecule has 1 saturated carbocycles. The third-order valence-electron chi connectivity index (χ3n) is 3.54. The lowest BCUT2D eigenvalue weighted by atomic mass is 10.2. The molecule has 1 fully saturated rings. The standard InChI is InChI=1S/C14H19N5/c1-4-15-13-6-12(10-7-16-19(3)8-10)17-14(18-13)11-5-9(11)2/h6-9,11H,4-5H2,1-3H3,(H,15,17,18). The van der Waals surface area contributed by atoms with Crippen LogP contribution in [0, 0.1) is 5.92 Å². The van der Waals surface area contributed by atoms with Gasteiger partial charge in [0.2, 0.25) is 0 Å². The molecule has 2 heterocycles. The van der Waals surface area contributed by atoms with E-state index in [1.54, 1.807) is 4.68 Å². The summed E-state index contributed by atoms with van der Waals surface area (Å²) in [5.74, 6) is 3.10. The van der Waals surface area contributed by atoms with Gasteiger partial charge in [-0.15, -0.1) is 0 Å². The molecule has 19 heavy (non-hydrogen) atoms. The average Bonchev–Trinajstić information content (AvgIpc) is 2.95. The van der Waals surface area contributed by atoms with E-state index in [1.165, 1.54) is 6.42 Å². The summed E-state index contributed by atoms with van der Waals surface area (Å²) in [6, 6.07) is 2.00. The normalized spacial score (nSPS) is 21.4. The molecule has 1 aliphatic rings. The lowest BCUT2D eigenvalue weighted by Crippen LogP contribution is -2.04. The molecule has 0 bridgehead atoms. The van der Waals surface area contributed by atoms with Crippen molar-refractivity contribution >= 4 is 5.82 Å². The lowest BCUT2D eigenvalue weighted by Gasteiger charge is -2.07. The van der Waals surface area contributed by atoms with E-state index in [1.807, 2.05) is 25.5 Å². The van der Waals surface area contributed by atoms with Crippen molar-refractivity contribution < 1.29 is 0 Å². The molecule has 1 aliphatic carbocycles. The smallest absolute Gasteiger partial charge is 0.134 e. The van der Waals surface area contributed by atoms with E-state index in [4.69, 9.17) is 4.98 Å². The van der Waals surface area contributed by atoms with Gasteiger partial charge in [-0.3, -0.25) is 4.68 Å². The Morgan fingerprint density at radius 2 is 2.21 bits per heavy atom. The topological polar surface area (TPSA) is 55.6 Å². The van der Waals surface area contributed by atoms with Crippen molar-refractivity contribution in [3.05, 3.63) is 24.3 Å². The number of rotatable bonds is 4. The van der Waals surface area contributed by atoms with Gasteiger partial charge < -0.3 is 5.32 Å². The predicted molar refractivity (Wildman–Crippen MR) is 74.9 cm³/mol. The summed E-state index contributed by atoms with van der Waals surface area (Å²) in [4.78, 5) is 9.33. The molecular formula is C14H19N5. The molecule has 3 rings (SSSR count). The second-order valence-corrected chi connectivity index (χ2v) is 5.25. The van der Waals surface area contributed by atoms with Crippen LogP contribution in [0.3, 0.4) is 0 Å². The van der Waals surface area contributed by atoms with Crippen molar-refractivity contribution in [2.24, 2.45) is 13.0 Å². The summed E-state index contributed by atoms with van der Waals surface area (Å²) in [5, 5.41) is 7.49. The van der Waals surface area contributed by atoms with Gasteiger partial charge in [0, 0.05) is 37.3 Å². The Hall–Kier alpha value is -1.91. The molecule has 0 spiro atoms. The maximum absolute atomic E-state index is 4.71. The Morgan fingerprint density at radius 3 is 2.79 bits per heavy atom. The molecule has 0 saturated heterocycles. The van der Waals surface area contributed by atoms with E-state index in [9.17, 15) is 0 Å². The maximum Gasteiger partial charge on any atom is 0.134 e. The molecule has 2 atom stereocenters. The first-order chi connectivity index (χ1) is 9.17. The fourth-order valence-electron chi connectivity index (χ4n) is 2.29. The third-order valence-corrected chi connectivity index (χ3v) is 3.54. The number of aryl methyl sites for hydroxylation is 1. The largest absolute Gasteiger partial charge is 0.370 e. The van der Waals surface area contributed by atoms with Crippen LogP contribution in [0.25, 0.3) is 11.3 Å². The van der Waals surface area contributed by atoms with Crippen LogP contribution < -0.4 is 5.32 Å². The van der Waals surface area contributed by atoms with E-state index in [0.717, 1.165) is 29.4 Å². The molecule has 2 aromatic rings. The van der Waals surface area contributed by atoms with Gasteiger partial charge >= 0.3 is 0 Å². The fourth-order valence-corrected chi connectivity index (χ4v) is 2.29. The van der Waals surface area contributed by atoms with Gasteiger partial charge in [-0.2, -0.15) is 5.10 Å². The van der Waals surface area contributed by atoms with Crippen LogP contribution in [-0.2, 0) is 7.05 Å². The number of nitrogens with zero attached hydrogens (tertiary/aromatic N) is 4. The average molecular weight is 257 g/mol. The van der Waals surface area contributed by atoms with Gasteiger partial charge in [0.1, 0.15) is 11.6 Å². The maximum atomic E-state index is 4.71. The fraction of sp³-hybridized carbons (Fsp3) is 0.500. The van der Waals surface area contributed by atoms with Crippen molar-refractivity contribution in [2.45, 2.75) is 26.2 Å². The second kappa shape index (κ2) is 4.64. The first-order valence-corrected chi connectivity index (χ1v) is 6.79. The number of hydrogen-bond donors (Lipinski definition) is 1. The Morgan fingerprint density at radius 1 is 1.42 bits per heavy atom. The van der Waals surface area contributed by atoms with E-state index in [0.29, 0.717) is 11.8 Å². The van der Waals surface area contributed by atoms with Crippen LogP contribution in [0.4, 0.5) is 5.82 Å². The zero-order chi connectivity index (χ0) is 13.4. The van der Waals surface area contributed by atoms with Crippen LogP contribution in [0.2, 0.25) is 0 Å². The van der Waals surface area contributed by atoms with Crippen LogP contribution in [-0.4, -0.2) is 26.3 Å². The van der Waals surface area contributed by atoms with Crippen LogP contribution >= 0.6 is 0 Å². The highest BCUT2D eigenvalue weighted by molar-refractivity contribution is 5.61. The summed E-state index contributed by atoms with van der Waals surface area (Å²) in [7, 11) is 1.92. The van der Waals surface area contributed by atoms with Crippen LogP contribution in [0.15, 0.2) is 18.5 Å². The number of nitrogens with one attached hydrogen (secondary N) is 1. The minimum atomic E-state index is 0.522. The first-order valence-electron chi connectivity index (χ1n) is 6.79. The van der Waals surface area contributed by atoms with Gasteiger partial charge in [-0.1, -0.05) is 6.92 Å². The first kappa shape index (κ1) is 12.1. The second-order valence-electron chi connectivity index (χ2n) is 5.25. The van der Waals surface area contributed by atoms with Gasteiger partial charge in [0.15, 0.2) is 0 Å². The number of aromatic nitrogens is 4. The van der Waals surface area contributed by atoms with E-state index in [2.05, 4.69) is 29.2 Å². The number of hydrogen-bond acceptors (Lipinski definition) is 4. The van der Waals surface area contributed by atoms with Crippen molar-refractivity contribution in [1.29, 1.82) is 0 Å². The highest BCUT2D eigenvalue weighted by Crippen LogP contribution is 2.45. The molecule has 1 N–H and O–H groups in total. The summed E-state index contributed by atoms with van der Waals surface area (Å²) in [6.07, 6.45) is 5.03. The molecule has 2 unspecified atom stereocenters. The zero-order valence-corrected chi connectivity index (χ0v) is 11.6. The molecule has 0 amide bonds. The Balaban J connectivity index is 2.00. The van der Waals surface area contributed by atoms with Gasteiger partial charge in [0.05, 0.1) is 11.9 Å². The SMILES string of the molecule is CCNc1cc(-c2cnn(C)c2)nc(C2CC2C)n1. The molecule has 0 aromatic carbocycles. The van der Waals surface area contributed by atoms with Crippen molar-refractivity contribution in [3.63, 3.8) is 0 Å². The molecular weight excluding hydrogens is 238 g/mol. The van der Waals surface area contributed by atoms with E-state index >= 15 is 0 Å². The van der Waals surface area contributed by atoms with Gasteiger partial charge in [-0.05, 0) is 19.3 Å². The Bertz CT molecular complexity index is 589. The summed E-state index contributed by atoms with van der Waals surface area (Å²) in [6.45, 7) is 5.19. The summed E-state index contributed by atoms with van der Waals surface area (Å²) >= 11 is 0. The van der Waals surface area contributed by atoms with Crippen LogP contribution in [0.1, 0.15) is 32.0 Å². The van der Waals surface area contributed by atoms with Crippen molar-refractivity contribution in [2.75, 3.05) is 11.9 Å². The predicted octanol–water partition coefficient (Wildman–Crippen LogP) is 2.43. The molecule has 5 nitrogen and oxygen atoms in total. The summed E-state index contributed by atoms with van der Waals surface area (Å²) in [5.41, 5.74) is 1.99. The zero-order valence-electron chi connectivity index (χ0n) is 11.6. The monoisotopic (exact) mass is 257 g/mol. The van der Waals surface area contributed by atoms with Crippen molar-refractivity contribution in [1.82, 2.24) is 19.7 Å². The van der Waals surface area contributed by atoms with Crippen LogP contribution in [0.5, 0.6) is 0 Å². The molecule has 2 aromatic heterocycles. The highest BCUT2D eigenvalue weighted by Gasteiger charge is 2.37. The Kier molecular flexibility index (Phi) is 2.97. The van der Waals surface area contributed by atoms with Gasteiger partial charge in [0.25, 0.3) is 0 Å². The number of anilines is 1. The van der Waals surface area contributed by atoms with E-state index < -0.39 is 0 Å². The lowest BCUT2D eigenvalue weighted by molar-refractivity contribution is 0.768. The minimum absolute atomic E-state index is 0.522. The molecule has 0 aliphatic heterocycles. The third kappa shape index (κ3) is 2.45. The minimum Gasteiger partial charge on any atom is -0.370 e. The molecule has 5 heteroatoms. The van der Waals surface area contributed by atoms with Gasteiger partial charge in [-0.25, -0.2) is 9.97 Å². The molecule has 0 radical (unpaired) electrons. The van der Waals surface area contributed by atoms with E-state index in [-0.39, 0.29) is 0 Å². The summed E-state index contributed by atoms with van der Waals surface area (Å²) < 4.78 is 1.80. The highest BCUT2D eigenvalue weighted by atomic mass is 15.2. The Labute approximate surface area is 113 Å². The van der Waals surface area contributed by atoms with Crippen molar-refractivity contribution in [3.8, 4) is 11.3 Å². The quantitative estimate of drug-likeness (QED) is 0.914. The molecule has 100 valence electrons.